The number of esters is 1. The fourth-order valence-corrected chi connectivity index (χ4v) is 2.63. The van der Waals surface area contributed by atoms with Gasteiger partial charge in [-0.25, -0.2) is 4.79 Å². The van der Waals surface area contributed by atoms with Crippen molar-refractivity contribution in [2.75, 3.05) is 24.9 Å². The Morgan fingerprint density at radius 2 is 2.00 bits per heavy atom. The van der Waals surface area contributed by atoms with Gasteiger partial charge in [0, 0.05) is 12.1 Å². The lowest BCUT2D eigenvalue weighted by molar-refractivity contribution is 0.0601. The molecule has 28 heavy (non-hydrogen) atoms. The molecule has 0 aliphatic heterocycles. The number of rotatable bonds is 7. The minimum atomic E-state index is -0.467. The maximum absolute atomic E-state index is 11.7. The number of hydrogen-bond acceptors (Lipinski definition) is 8. The molecule has 1 aromatic heterocycles. The fraction of sp³-hybridized carbons (Fsp3) is 0.158. The van der Waals surface area contributed by atoms with Gasteiger partial charge in [0.05, 0.1) is 36.7 Å². The normalized spacial score (nSPS) is 10.2. The van der Waals surface area contributed by atoms with Crippen LogP contribution in [0.15, 0.2) is 48.7 Å². The van der Waals surface area contributed by atoms with Crippen LogP contribution in [0.2, 0.25) is 5.02 Å². The van der Waals surface area contributed by atoms with Crippen LogP contribution in [0.25, 0.3) is 0 Å². The Hall–Kier alpha value is -3.39. The van der Waals surface area contributed by atoms with E-state index < -0.39 is 5.97 Å². The Morgan fingerprint density at radius 1 is 1.18 bits per heavy atom. The molecule has 2 N–H and O–H groups in total. The maximum atomic E-state index is 11.7. The number of ether oxygens (including phenoxy) is 2. The fourth-order valence-electron chi connectivity index (χ4n) is 2.46. The van der Waals surface area contributed by atoms with Gasteiger partial charge in [0.25, 0.3) is 0 Å². The highest BCUT2D eigenvalue weighted by molar-refractivity contribution is 6.33. The molecule has 0 saturated carbocycles. The van der Waals surface area contributed by atoms with Gasteiger partial charge in [-0.2, -0.15) is 10.1 Å². The molecular formula is C19H18ClN5O3. The summed E-state index contributed by atoms with van der Waals surface area (Å²) in [5.74, 6) is 1.06. The lowest BCUT2D eigenvalue weighted by Crippen LogP contribution is -2.07. The molecule has 0 fully saturated rings. The van der Waals surface area contributed by atoms with Crippen LogP contribution < -0.4 is 15.4 Å². The minimum absolute atomic E-state index is 0.231. The first-order chi connectivity index (χ1) is 13.6. The monoisotopic (exact) mass is 399 g/mol. The third-order valence-electron chi connectivity index (χ3n) is 3.85. The van der Waals surface area contributed by atoms with Crippen LogP contribution >= 0.6 is 11.6 Å². The zero-order chi connectivity index (χ0) is 19.9. The van der Waals surface area contributed by atoms with Crippen LogP contribution in [0.3, 0.4) is 0 Å². The molecule has 0 amide bonds. The van der Waals surface area contributed by atoms with Crippen LogP contribution in [0.4, 0.5) is 17.5 Å². The summed E-state index contributed by atoms with van der Waals surface area (Å²) in [6.45, 7) is 0.501. The van der Waals surface area contributed by atoms with E-state index in [0.29, 0.717) is 28.6 Å². The molecule has 0 aliphatic carbocycles. The van der Waals surface area contributed by atoms with Gasteiger partial charge in [-0.15, -0.1) is 5.10 Å². The highest BCUT2D eigenvalue weighted by Gasteiger charge is 2.11. The molecule has 2 aromatic carbocycles. The van der Waals surface area contributed by atoms with Gasteiger partial charge < -0.3 is 20.1 Å². The molecule has 0 bridgehead atoms. The number of methoxy groups -OCH3 is 2. The second-order valence-electron chi connectivity index (χ2n) is 5.64. The average Bonchev–Trinajstić information content (AvgIpc) is 2.73. The number of nitrogens with one attached hydrogen (secondary N) is 2. The number of hydrogen-bond donors (Lipinski definition) is 2. The van der Waals surface area contributed by atoms with E-state index in [1.807, 2.05) is 24.3 Å². The summed E-state index contributed by atoms with van der Waals surface area (Å²) < 4.78 is 10.1. The van der Waals surface area contributed by atoms with Crippen molar-refractivity contribution in [3.63, 3.8) is 0 Å². The lowest BCUT2D eigenvalue weighted by atomic mass is 10.2. The summed E-state index contributed by atoms with van der Waals surface area (Å²) in [6, 6.07) is 12.4. The van der Waals surface area contributed by atoms with Gasteiger partial charge in [0.2, 0.25) is 5.95 Å². The molecule has 9 heteroatoms. The first-order valence-electron chi connectivity index (χ1n) is 8.31. The second-order valence-corrected chi connectivity index (χ2v) is 6.05. The van der Waals surface area contributed by atoms with Crippen LogP contribution in [-0.4, -0.2) is 35.4 Å². The van der Waals surface area contributed by atoms with Crippen LogP contribution in [0.1, 0.15) is 15.9 Å². The standard InChI is InChI=1S/C19H18ClN5O3/c1-27-16-6-4-3-5-13(16)10-21-17-11-22-25-19(24-17)23-15-9-12(18(26)28-2)7-8-14(15)20/h3-9,11H,10H2,1-2H3,(H2,21,23,24,25). The zero-order valence-electron chi connectivity index (χ0n) is 15.3. The third-order valence-corrected chi connectivity index (χ3v) is 4.17. The predicted octanol–water partition coefficient (Wildman–Crippen LogP) is 3.68. The number of halogens is 1. The van der Waals surface area contributed by atoms with Crippen LogP contribution in [0.5, 0.6) is 5.75 Å². The number of carbonyl (C=O) groups excluding carboxylic acids is 1. The molecule has 0 unspecified atom stereocenters. The van der Waals surface area contributed by atoms with Crippen molar-refractivity contribution in [1.29, 1.82) is 0 Å². The van der Waals surface area contributed by atoms with E-state index in [9.17, 15) is 4.79 Å². The number of carbonyl (C=O) groups is 1. The van der Waals surface area contributed by atoms with E-state index in [1.165, 1.54) is 13.3 Å². The molecule has 144 valence electrons. The van der Waals surface area contributed by atoms with Crippen molar-refractivity contribution >= 4 is 35.0 Å². The third kappa shape index (κ3) is 4.66. The average molecular weight is 400 g/mol. The Labute approximate surface area is 166 Å². The van der Waals surface area contributed by atoms with Gasteiger partial charge in [-0.05, 0) is 24.3 Å². The van der Waals surface area contributed by atoms with E-state index in [1.54, 1.807) is 25.3 Å². The quantitative estimate of drug-likeness (QED) is 0.580. The summed E-state index contributed by atoms with van der Waals surface area (Å²) in [5, 5.41) is 14.4. The van der Waals surface area contributed by atoms with Gasteiger partial charge >= 0.3 is 5.97 Å². The summed E-state index contributed by atoms with van der Waals surface area (Å²) in [6.07, 6.45) is 1.51. The van der Waals surface area contributed by atoms with Crippen molar-refractivity contribution in [3.8, 4) is 5.75 Å². The SMILES string of the molecule is COC(=O)c1ccc(Cl)c(Nc2nncc(NCc3ccccc3OC)n2)c1. The molecule has 0 aliphatic rings. The Bertz CT molecular complexity index is 983. The molecule has 0 spiro atoms. The van der Waals surface area contributed by atoms with E-state index in [4.69, 9.17) is 21.1 Å². The van der Waals surface area contributed by atoms with Crippen LogP contribution in [0, 0.1) is 0 Å². The van der Waals surface area contributed by atoms with Gasteiger partial charge in [-0.3, -0.25) is 0 Å². The predicted molar refractivity (Wildman–Crippen MR) is 106 cm³/mol. The number of para-hydroxylation sites is 1. The highest BCUT2D eigenvalue weighted by Crippen LogP contribution is 2.26. The summed E-state index contributed by atoms with van der Waals surface area (Å²) >= 11 is 6.19. The smallest absolute Gasteiger partial charge is 0.337 e. The molecule has 3 rings (SSSR count). The first-order valence-corrected chi connectivity index (χ1v) is 8.69. The summed E-state index contributed by atoms with van der Waals surface area (Å²) in [7, 11) is 2.94. The Kier molecular flexibility index (Phi) is 6.23. The van der Waals surface area contributed by atoms with Crippen molar-refractivity contribution < 1.29 is 14.3 Å². The van der Waals surface area contributed by atoms with Gasteiger partial charge in [-0.1, -0.05) is 29.8 Å². The van der Waals surface area contributed by atoms with Crippen molar-refractivity contribution in [1.82, 2.24) is 15.2 Å². The van der Waals surface area contributed by atoms with E-state index >= 15 is 0 Å². The van der Waals surface area contributed by atoms with Crippen LogP contribution in [-0.2, 0) is 11.3 Å². The summed E-state index contributed by atoms with van der Waals surface area (Å²) in [5.41, 5.74) is 1.80. The number of aromatic nitrogens is 3. The molecular weight excluding hydrogens is 382 g/mol. The molecule has 8 nitrogen and oxygen atoms in total. The Morgan fingerprint density at radius 3 is 2.79 bits per heavy atom. The van der Waals surface area contributed by atoms with Crippen molar-refractivity contribution in [2.24, 2.45) is 0 Å². The lowest BCUT2D eigenvalue weighted by Gasteiger charge is -2.11. The van der Waals surface area contributed by atoms with E-state index in [0.717, 1.165) is 11.3 Å². The Balaban J connectivity index is 1.74. The molecule has 0 atom stereocenters. The molecule has 0 saturated heterocycles. The highest BCUT2D eigenvalue weighted by atomic mass is 35.5. The van der Waals surface area contributed by atoms with Crippen molar-refractivity contribution in [3.05, 3.63) is 64.8 Å². The van der Waals surface area contributed by atoms with E-state index in [2.05, 4.69) is 25.8 Å². The maximum Gasteiger partial charge on any atom is 0.337 e. The molecule has 0 radical (unpaired) electrons. The second kappa shape index (κ2) is 9.01. The first kappa shape index (κ1) is 19.4. The summed E-state index contributed by atoms with van der Waals surface area (Å²) in [4.78, 5) is 16.1. The van der Waals surface area contributed by atoms with E-state index in [-0.39, 0.29) is 5.95 Å². The number of anilines is 3. The zero-order valence-corrected chi connectivity index (χ0v) is 16.0. The largest absolute Gasteiger partial charge is 0.496 e. The molecule has 3 aromatic rings. The number of benzene rings is 2. The topological polar surface area (TPSA) is 98.3 Å². The molecule has 1 heterocycles. The van der Waals surface area contributed by atoms with Gasteiger partial charge in [0.1, 0.15) is 5.75 Å². The minimum Gasteiger partial charge on any atom is -0.496 e. The number of nitrogens with zero attached hydrogens (tertiary/aromatic N) is 3. The van der Waals surface area contributed by atoms with Gasteiger partial charge in [0.15, 0.2) is 5.82 Å². The van der Waals surface area contributed by atoms with Crippen molar-refractivity contribution in [2.45, 2.75) is 6.54 Å².